The lowest BCUT2D eigenvalue weighted by Gasteiger charge is -2.20. The maximum Gasteiger partial charge on any atom is 0.321 e. The van der Waals surface area contributed by atoms with Crippen molar-refractivity contribution in [3.63, 3.8) is 0 Å². The fraction of sp³-hybridized carbons (Fsp3) is 0.323. The van der Waals surface area contributed by atoms with Crippen LogP contribution < -0.4 is 23.7 Å². The van der Waals surface area contributed by atoms with E-state index in [-0.39, 0.29) is 6.42 Å². The lowest BCUT2D eigenvalue weighted by atomic mass is 10.1. The van der Waals surface area contributed by atoms with E-state index in [2.05, 4.69) is 0 Å². The van der Waals surface area contributed by atoms with Crippen LogP contribution in [0.4, 0.5) is 0 Å². The molecule has 2 atom stereocenters. The predicted octanol–water partition coefficient (Wildman–Crippen LogP) is 4.49. The maximum absolute atomic E-state index is 11.5. The molecule has 1 fully saturated rings. The first-order valence-corrected chi connectivity index (χ1v) is 12.9. The van der Waals surface area contributed by atoms with Gasteiger partial charge in [-0.15, -0.1) is 0 Å². The van der Waals surface area contributed by atoms with Gasteiger partial charge in [0.2, 0.25) is 5.75 Å². The number of rotatable bonds is 12. The summed E-state index contributed by atoms with van der Waals surface area (Å²) in [6.07, 6.45) is 3.54. The molecule has 9 heteroatoms. The Labute approximate surface area is 234 Å². The number of hydrogen-bond acceptors (Lipinski definition) is 8. The van der Waals surface area contributed by atoms with Gasteiger partial charge in [0.1, 0.15) is 12.6 Å². The second-order valence-corrected chi connectivity index (χ2v) is 9.48. The van der Waals surface area contributed by atoms with Crippen LogP contribution in [-0.2, 0) is 17.9 Å². The van der Waals surface area contributed by atoms with E-state index in [0.717, 1.165) is 22.3 Å². The highest BCUT2D eigenvalue weighted by Crippen LogP contribution is 2.39. The number of likely N-dealkylation sites (tertiary alicyclic amines) is 1. The van der Waals surface area contributed by atoms with E-state index in [4.69, 9.17) is 23.7 Å². The average Bonchev–Trinajstić information content (AvgIpc) is 3.35. The van der Waals surface area contributed by atoms with Gasteiger partial charge < -0.3 is 33.9 Å². The van der Waals surface area contributed by atoms with Crippen LogP contribution in [0.15, 0.2) is 54.6 Å². The van der Waals surface area contributed by atoms with Gasteiger partial charge in [-0.05, 0) is 46.5 Å². The third kappa shape index (κ3) is 6.86. The molecule has 0 unspecified atom stereocenters. The number of β-amino-alcohol motifs (C(OH)–C–C–N with tert-alkyl or cyclic N) is 1. The summed E-state index contributed by atoms with van der Waals surface area (Å²) in [5, 5.41) is 19.3. The summed E-state index contributed by atoms with van der Waals surface area (Å²) in [6, 6.07) is 16.6. The lowest BCUT2D eigenvalue weighted by Crippen LogP contribution is -2.35. The molecule has 1 saturated heterocycles. The summed E-state index contributed by atoms with van der Waals surface area (Å²) < 4.78 is 27.9. The van der Waals surface area contributed by atoms with Crippen LogP contribution >= 0.6 is 0 Å². The number of hydrogen-bond donors (Lipinski definition) is 2. The molecule has 4 rings (SSSR count). The topological polar surface area (TPSA) is 107 Å². The molecule has 212 valence electrons. The molecule has 2 N–H and O–H groups in total. The molecular weight excluding hydrogens is 514 g/mol. The monoisotopic (exact) mass is 549 g/mol. The normalized spacial score (nSPS) is 17.1. The van der Waals surface area contributed by atoms with Crippen molar-refractivity contribution in [2.24, 2.45) is 0 Å². The largest absolute Gasteiger partial charge is 0.493 e. The quantitative estimate of drug-likeness (QED) is 0.316. The molecule has 3 aromatic rings. The van der Waals surface area contributed by atoms with Crippen LogP contribution in [0.25, 0.3) is 12.2 Å². The van der Waals surface area contributed by atoms with Gasteiger partial charge in [-0.3, -0.25) is 9.69 Å². The van der Waals surface area contributed by atoms with Crippen molar-refractivity contribution < 1.29 is 38.7 Å². The predicted molar refractivity (Wildman–Crippen MR) is 151 cm³/mol. The van der Waals surface area contributed by atoms with E-state index >= 15 is 0 Å². The van der Waals surface area contributed by atoms with Crippen molar-refractivity contribution in [3.8, 4) is 28.7 Å². The van der Waals surface area contributed by atoms with Crippen LogP contribution in [0, 0.1) is 0 Å². The molecule has 0 bridgehead atoms. The molecule has 9 nitrogen and oxygen atoms in total. The Hall–Kier alpha value is -4.21. The Balaban J connectivity index is 1.43. The number of ether oxygens (including phenoxy) is 5. The van der Waals surface area contributed by atoms with E-state index < -0.39 is 18.1 Å². The number of aliphatic hydroxyl groups excluding tert-OH is 1. The SMILES string of the molecule is COc1ccc(/C=C\c2cc(OC)c(OC)c(OC)c2)cc1OCc1ccc(CN2C[C@H](O)C[C@@H]2C(=O)O)cc1. The van der Waals surface area contributed by atoms with Crippen molar-refractivity contribution in [1.29, 1.82) is 0 Å². The molecule has 0 aromatic heterocycles. The number of carbonyl (C=O) groups is 1. The third-order valence-corrected chi connectivity index (χ3v) is 6.81. The fourth-order valence-corrected chi connectivity index (χ4v) is 4.75. The number of aliphatic carboxylic acids is 1. The van der Waals surface area contributed by atoms with Crippen LogP contribution in [0.5, 0.6) is 28.7 Å². The van der Waals surface area contributed by atoms with Crippen LogP contribution in [-0.4, -0.2) is 68.2 Å². The zero-order valence-corrected chi connectivity index (χ0v) is 23.1. The number of benzene rings is 3. The van der Waals surface area contributed by atoms with Gasteiger partial charge in [-0.2, -0.15) is 0 Å². The molecule has 1 aliphatic rings. The molecule has 0 radical (unpaired) electrons. The van der Waals surface area contributed by atoms with Crippen LogP contribution in [0.3, 0.4) is 0 Å². The van der Waals surface area contributed by atoms with Crippen molar-refractivity contribution >= 4 is 18.1 Å². The third-order valence-electron chi connectivity index (χ3n) is 6.81. The highest BCUT2D eigenvalue weighted by atomic mass is 16.5. The van der Waals surface area contributed by atoms with Gasteiger partial charge in [0.15, 0.2) is 23.0 Å². The highest BCUT2D eigenvalue weighted by molar-refractivity contribution is 5.74. The Morgan fingerprint density at radius 3 is 2.02 bits per heavy atom. The van der Waals surface area contributed by atoms with E-state index in [1.165, 1.54) is 0 Å². The van der Waals surface area contributed by atoms with Crippen molar-refractivity contribution in [3.05, 3.63) is 76.9 Å². The number of aliphatic hydroxyl groups is 1. The minimum atomic E-state index is -0.906. The first-order chi connectivity index (χ1) is 19.3. The number of nitrogens with zero attached hydrogens (tertiary/aromatic N) is 1. The Morgan fingerprint density at radius 2 is 1.43 bits per heavy atom. The van der Waals surface area contributed by atoms with Gasteiger partial charge in [0.05, 0.1) is 34.5 Å². The first kappa shape index (κ1) is 28.8. The number of methoxy groups -OCH3 is 4. The van der Waals surface area contributed by atoms with Crippen molar-refractivity contribution in [2.75, 3.05) is 35.0 Å². The minimum absolute atomic E-state index is 0.250. The summed E-state index contributed by atoms with van der Waals surface area (Å²) >= 11 is 0. The highest BCUT2D eigenvalue weighted by Gasteiger charge is 2.35. The van der Waals surface area contributed by atoms with Crippen molar-refractivity contribution in [1.82, 2.24) is 4.90 Å². The average molecular weight is 550 g/mol. The zero-order chi connectivity index (χ0) is 28.6. The maximum atomic E-state index is 11.5. The summed E-state index contributed by atoms with van der Waals surface area (Å²) in [5.41, 5.74) is 3.73. The lowest BCUT2D eigenvalue weighted by molar-refractivity contribution is -0.142. The molecule has 0 aliphatic carbocycles. The van der Waals surface area contributed by atoms with Gasteiger partial charge in [-0.1, -0.05) is 42.5 Å². The summed E-state index contributed by atoms with van der Waals surface area (Å²) in [5.74, 6) is 2.01. The zero-order valence-electron chi connectivity index (χ0n) is 23.1. The van der Waals surface area contributed by atoms with E-state index in [9.17, 15) is 15.0 Å². The molecule has 40 heavy (non-hydrogen) atoms. The minimum Gasteiger partial charge on any atom is -0.493 e. The molecule has 1 heterocycles. The Morgan fingerprint density at radius 1 is 0.825 bits per heavy atom. The number of carboxylic acids is 1. The molecule has 0 amide bonds. The van der Waals surface area contributed by atoms with Gasteiger partial charge in [-0.25, -0.2) is 0 Å². The second-order valence-electron chi connectivity index (χ2n) is 9.48. The van der Waals surface area contributed by atoms with Gasteiger partial charge in [0.25, 0.3) is 0 Å². The molecule has 1 aliphatic heterocycles. The molecule has 0 saturated carbocycles. The molecule has 0 spiro atoms. The molecular formula is C31H35NO8. The van der Waals surface area contributed by atoms with E-state index in [0.29, 0.717) is 48.4 Å². The fourth-order valence-electron chi connectivity index (χ4n) is 4.75. The smallest absolute Gasteiger partial charge is 0.321 e. The Bertz CT molecular complexity index is 1310. The van der Waals surface area contributed by atoms with Crippen LogP contribution in [0.2, 0.25) is 0 Å². The van der Waals surface area contributed by atoms with E-state index in [1.807, 2.05) is 66.7 Å². The second kappa shape index (κ2) is 13.2. The summed E-state index contributed by atoms with van der Waals surface area (Å²) in [4.78, 5) is 13.3. The Kier molecular flexibility index (Phi) is 9.52. The van der Waals surface area contributed by atoms with Crippen molar-refractivity contribution in [2.45, 2.75) is 31.7 Å². The standard InChI is InChI=1S/C31H35NO8/c1-36-26-12-11-20(5-10-23-14-28(37-2)30(39-4)29(15-23)38-3)13-27(26)40-19-22-8-6-21(7-9-22)17-32-18-24(33)16-25(32)31(34)35/h5-15,24-25,33H,16-19H2,1-4H3,(H,34,35)/b10-5-/t24-,25-/m1/s1. The van der Waals surface area contributed by atoms with Gasteiger partial charge in [0, 0.05) is 19.5 Å². The summed E-state index contributed by atoms with van der Waals surface area (Å²) in [7, 11) is 6.33. The molecule has 3 aromatic carbocycles. The van der Waals surface area contributed by atoms with E-state index in [1.54, 1.807) is 33.3 Å². The van der Waals surface area contributed by atoms with Gasteiger partial charge >= 0.3 is 5.97 Å². The summed E-state index contributed by atoms with van der Waals surface area (Å²) in [6.45, 7) is 1.14. The first-order valence-electron chi connectivity index (χ1n) is 12.9. The van der Waals surface area contributed by atoms with Crippen LogP contribution in [0.1, 0.15) is 28.7 Å². The number of carboxylic acid groups (broad SMARTS) is 1.